The van der Waals surface area contributed by atoms with Crippen molar-refractivity contribution in [1.82, 2.24) is 9.97 Å². The molecule has 2 aromatic rings. The number of hydrogen-bond donors (Lipinski definition) is 1. The molecule has 1 heterocycles. The van der Waals surface area contributed by atoms with Gasteiger partial charge >= 0.3 is 5.97 Å². The predicted molar refractivity (Wildman–Crippen MR) is 173 cm³/mol. The molecule has 0 spiro atoms. The average Bonchev–Trinajstić information content (AvgIpc) is 3.01. The van der Waals surface area contributed by atoms with Gasteiger partial charge in [0.25, 0.3) is 0 Å². The van der Waals surface area contributed by atoms with Crippen LogP contribution in [0, 0.1) is 11.8 Å². The molecule has 3 rings (SSSR count). The lowest BCUT2D eigenvalue weighted by molar-refractivity contribution is -0.138. The maximum Gasteiger partial charge on any atom is 0.314 e. The summed E-state index contributed by atoms with van der Waals surface area (Å²) in [5, 5.41) is 9.58. The molecule has 5 heteroatoms. The minimum atomic E-state index is -0.872. The number of aliphatic carboxylic acids is 1. The largest absolute Gasteiger partial charge is 0.481 e. The van der Waals surface area contributed by atoms with Crippen molar-refractivity contribution in [3.63, 3.8) is 0 Å². The molecular weight excluding hydrogens is 520 g/mol. The van der Waals surface area contributed by atoms with Crippen LogP contribution in [0.15, 0.2) is 61.0 Å². The minimum absolute atomic E-state index is 0.00814. The van der Waals surface area contributed by atoms with E-state index in [1.165, 1.54) is 69.8 Å². The van der Waals surface area contributed by atoms with Crippen LogP contribution in [0.1, 0.15) is 122 Å². The summed E-state index contributed by atoms with van der Waals surface area (Å²) in [7, 11) is 0. The number of benzene rings is 1. The van der Waals surface area contributed by atoms with Crippen molar-refractivity contribution in [2.24, 2.45) is 11.8 Å². The summed E-state index contributed by atoms with van der Waals surface area (Å²) in [6, 6.07) is 8.08. The van der Waals surface area contributed by atoms with Gasteiger partial charge in [-0.05, 0) is 49.8 Å². The van der Waals surface area contributed by atoms with Crippen LogP contribution in [0.5, 0.6) is 0 Å². The highest BCUT2D eigenvalue weighted by Crippen LogP contribution is 2.40. The molecule has 0 saturated heterocycles. The van der Waals surface area contributed by atoms with Crippen molar-refractivity contribution >= 4 is 5.97 Å². The van der Waals surface area contributed by atoms with Gasteiger partial charge in [-0.3, -0.25) is 4.79 Å². The zero-order chi connectivity index (χ0) is 30.2. The van der Waals surface area contributed by atoms with Crippen molar-refractivity contribution in [1.29, 1.82) is 0 Å². The summed E-state index contributed by atoms with van der Waals surface area (Å²) >= 11 is 0. The number of aryl methyl sites for hydroxylation is 1. The highest BCUT2D eigenvalue weighted by molar-refractivity contribution is 5.75. The number of ether oxygens (including phenoxy) is 1. The van der Waals surface area contributed by atoms with Crippen molar-refractivity contribution in [2.45, 2.75) is 129 Å². The summed E-state index contributed by atoms with van der Waals surface area (Å²) in [6.45, 7) is 8.97. The lowest BCUT2D eigenvalue weighted by Crippen LogP contribution is -2.33. The van der Waals surface area contributed by atoms with E-state index in [-0.39, 0.29) is 6.10 Å². The first-order chi connectivity index (χ1) is 20.4. The standard InChI is InChI=1S/C37H54N2O3/c1-5-7-8-14-19-30(4)42-37(25-23-32(24-26-37)36(40)41)34-22-17-16-21-33(34)35-38-27-31(28-39-35)20-15-12-10-9-11-13-18-29(3)6-2/h16-17,21-30,32H,5-15,18-20H2,1-4H3,(H,40,41)/t29-,30+,32?,37?/m0/s1. The maximum atomic E-state index is 11.7. The quantitative estimate of drug-likeness (QED) is 0.126. The topological polar surface area (TPSA) is 72.3 Å². The molecule has 0 amide bonds. The molecule has 0 fully saturated rings. The fraction of sp³-hybridized carbons (Fsp3) is 0.595. The van der Waals surface area contributed by atoms with Crippen molar-refractivity contribution < 1.29 is 14.6 Å². The Labute approximate surface area is 254 Å². The molecule has 0 aliphatic heterocycles. The van der Waals surface area contributed by atoms with Gasteiger partial charge in [0.05, 0.1) is 12.0 Å². The van der Waals surface area contributed by atoms with Crippen LogP contribution in [0.25, 0.3) is 11.4 Å². The van der Waals surface area contributed by atoms with Crippen LogP contribution < -0.4 is 0 Å². The van der Waals surface area contributed by atoms with E-state index in [1.807, 2.05) is 42.7 Å². The third-order valence-corrected chi connectivity index (χ3v) is 8.65. The van der Waals surface area contributed by atoms with E-state index in [9.17, 15) is 9.90 Å². The molecule has 42 heavy (non-hydrogen) atoms. The smallest absolute Gasteiger partial charge is 0.314 e. The first kappa shape index (κ1) is 33.7. The summed E-state index contributed by atoms with van der Waals surface area (Å²) in [5.41, 5.74) is 2.13. The molecule has 1 aliphatic carbocycles. The minimum Gasteiger partial charge on any atom is -0.481 e. The first-order valence-corrected chi connectivity index (χ1v) is 16.6. The molecule has 0 bridgehead atoms. The summed E-state index contributed by atoms with van der Waals surface area (Å²) in [4.78, 5) is 21.2. The van der Waals surface area contributed by atoms with Gasteiger partial charge in [0.2, 0.25) is 0 Å². The van der Waals surface area contributed by atoms with Gasteiger partial charge in [0.1, 0.15) is 5.60 Å². The first-order valence-electron chi connectivity index (χ1n) is 16.6. The fourth-order valence-corrected chi connectivity index (χ4v) is 5.72. The summed E-state index contributed by atoms with van der Waals surface area (Å²) < 4.78 is 6.75. The summed E-state index contributed by atoms with van der Waals surface area (Å²) in [5.74, 6) is 0.00437. The highest BCUT2D eigenvalue weighted by atomic mass is 16.5. The van der Waals surface area contributed by atoms with Crippen molar-refractivity contribution in [2.75, 3.05) is 0 Å². The second-order valence-corrected chi connectivity index (χ2v) is 12.3. The van der Waals surface area contributed by atoms with Gasteiger partial charge in [-0.2, -0.15) is 0 Å². The lowest BCUT2D eigenvalue weighted by atomic mass is 9.83. The number of hydrogen-bond acceptors (Lipinski definition) is 4. The molecular formula is C37H54N2O3. The zero-order valence-electron chi connectivity index (χ0n) is 26.6. The third-order valence-electron chi connectivity index (χ3n) is 8.65. The van der Waals surface area contributed by atoms with E-state index in [2.05, 4.69) is 33.8 Å². The highest BCUT2D eigenvalue weighted by Gasteiger charge is 2.35. The Balaban J connectivity index is 1.67. The Bertz CT molecular complexity index is 1110. The Morgan fingerprint density at radius 3 is 2.17 bits per heavy atom. The van der Waals surface area contributed by atoms with Gasteiger partial charge in [-0.25, -0.2) is 9.97 Å². The predicted octanol–water partition coefficient (Wildman–Crippen LogP) is 9.86. The molecule has 230 valence electrons. The lowest BCUT2D eigenvalue weighted by Gasteiger charge is -2.35. The van der Waals surface area contributed by atoms with Crippen LogP contribution in [-0.2, 0) is 21.6 Å². The van der Waals surface area contributed by atoms with E-state index < -0.39 is 17.5 Å². The van der Waals surface area contributed by atoms with E-state index in [0.717, 1.165) is 42.7 Å². The van der Waals surface area contributed by atoms with Gasteiger partial charge < -0.3 is 9.84 Å². The third kappa shape index (κ3) is 10.5. The maximum absolute atomic E-state index is 11.7. The molecule has 5 nitrogen and oxygen atoms in total. The molecule has 1 aromatic carbocycles. The number of nitrogens with zero attached hydrogens (tertiary/aromatic N) is 2. The zero-order valence-corrected chi connectivity index (χ0v) is 26.6. The number of aromatic nitrogens is 2. The normalized spacial score (nSPS) is 19.6. The monoisotopic (exact) mass is 574 g/mol. The van der Waals surface area contributed by atoms with E-state index >= 15 is 0 Å². The summed E-state index contributed by atoms with van der Waals surface area (Å²) in [6.07, 6.45) is 28.3. The Kier molecular flexibility index (Phi) is 14.4. The SMILES string of the molecule is CCCCCC[C@@H](C)OC1(c2ccccc2-c2ncc(CCCCCCCC[C@@H](C)CC)cn2)C=CC(C(=O)O)C=C1. The molecule has 0 saturated carbocycles. The second-order valence-electron chi connectivity index (χ2n) is 12.3. The number of carbonyl (C=O) groups is 1. The van der Waals surface area contributed by atoms with E-state index in [4.69, 9.17) is 14.7 Å². The van der Waals surface area contributed by atoms with Crippen LogP contribution in [-0.4, -0.2) is 27.1 Å². The Morgan fingerprint density at radius 1 is 0.881 bits per heavy atom. The van der Waals surface area contributed by atoms with Crippen molar-refractivity contribution in [3.05, 3.63) is 72.1 Å². The van der Waals surface area contributed by atoms with Crippen LogP contribution >= 0.6 is 0 Å². The number of unbranched alkanes of at least 4 members (excludes halogenated alkanes) is 8. The van der Waals surface area contributed by atoms with E-state index in [1.54, 1.807) is 12.2 Å². The Hall–Kier alpha value is -2.79. The molecule has 0 unspecified atom stereocenters. The molecule has 1 aliphatic rings. The van der Waals surface area contributed by atoms with Crippen LogP contribution in [0.4, 0.5) is 0 Å². The average molecular weight is 575 g/mol. The molecule has 2 atom stereocenters. The van der Waals surface area contributed by atoms with Crippen LogP contribution in [0.2, 0.25) is 0 Å². The Morgan fingerprint density at radius 2 is 1.50 bits per heavy atom. The number of carboxylic acids is 1. The van der Waals surface area contributed by atoms with E-state index in [0.29, 0.717) is 5.82 Å². The number of rotatable bonds is 20. The van der Waals surface area contributed by atoms with Gasteiger partial charge in [-0.15, -0.1) is 0 Å². The fourth-order valence-electron chi connectivity index (χ4n) is 5.72. The second kappa shape index (κ2) is 18.0. The van der Waals surface area contributed by atoms with Gasteiger partial charge in [-0.1, -0.05) is 128 Å². The van der Waals surface area contributed by atoms with Crippen LogP contribution in [0.3, 0.4) is 0 Å². The molecule has 1 aromatic heterocycles. The van der Waals surface area contributed by atoms with Gasteiger partial charge in [0.15, 0.2) is 5.82 Å². The van der Waals surface area contributed by atoms with Gasteiger partial charge in [0, 0.05) is 23.5 Å². The molecule has 1 N–H and O–H groups in total. The van der Waals surface area contributed by atoms with Crippen molar-refractivity contribution in [3.8, 4) is 11.4 Å². The number of carboxylic acid groups (broad SMARTS) is 1. The molecule has 0 radical (unpaired) electrons.